The van der Waals surface area contributed by atoms with Crippen LogP contribution in [0.25, 0.3) is 0 Å². The summed E-state index contributed by atoms with van der Waals surface area (Å²) in [6.45, 7) is 3.98. The van der Waals surface area contributed by atoms with Gasteiger partial charge < -0.3 is 19.5 Å². The van der Waals surface area contributed by atoms with Crippen LogP contribution in [-0.2, 0) is 9.53 Å². The van der Waals surface area contributed by atoms with Crippen molar-refractivity contribution in [2.75, 3.05) is 18.5 Å². The minimum absolute atomic E-state index is 0.146. The topological polar surface area (TPSA) is 81.2 Å². The molecule has 4 rings (SSSR count). The highest BCUT2D eigenvalue weighted by Gasteiger charge is 2.40. The average Bonchev–Trinajstić information content (AvgIpc) is 2.83. The minimum Gasteiger partial charge on any atom is -0.486 e. The van der Waals surface area contributed by atoms with E-state index in [1.54, 1.807) is 6.92 Å². The molecule has 2 aliphatic rings. The van der Waals surface area contributed by atoms with Gasteiger partial charge in [-0.1, -0.05) is 24.1 Å². The molecule has 0 amide bonds. The molecular formula is C26H31N3O4S. The molecule has 0 radical (unpaired) electrons. The van der Waals surface area contributed by atoms with Crippen molar-refractivity contribution in [1.82, 2.24) is 5.43 Å². The number of ether oxygens (including phenoxy) is 3. The van der Waals surface area contributed by atoms with Crippen LogP contribution in [-0.4, -0.2) is 35.6 Å². The highest BCUT2D eigenvalue weighted by molar-refractivity contribution is 7.80. The molecule has 1 heterocycles. The lowest BCUT2D eigenvalue weighted by atomic mass is 9.78. The molecule has 0 atom stereocenters. The minimum atomic E-state index is -0.402. The fourth-order valence-electron chi connectivity index (χ4n) is 4.42. The summed E-state index contributed by atoms with van der Waals surface area (Å²) < 4.78 is 17.1. The summed E-state index contributed by atoms with van der Waals surface area (Å²) in [5.74, 6) is 0.929. The number of aryl methyl sites for hydroxylation is 1. The Morgan fingerprint density at radius 3 is 2.65 bits per heavy atom. The number of nitrogens with one attached hydrogen (secondary N) is 2. The van der Waals surface area contributed by atoms with E-state index < -0.39 is 5.97 Å². The van der Waals surface area contributed by atoms with Gasteiger partial charge in [-0.05, 0) is 82.1 Å². The van der Waals surface area contributed by atoms with E-state index in [-0.39, 0.29) is 12.2 Å². The van der Waals surface area contributed by atoms with Gasteiger partial charge in [-0.15, -0.1) is 0 Å². The van der Waals surface area contributed by atoms with Gasteiger partial charge in [-0.25, -0.2) is 4.79 Å². The van der Waals surface area contributed by atoms with E-state index in [1.165, 1.54) is 12.0 Å². The molecule has 2 N–H and O–H groups in total. The van der Waals surface area contributed by atoms with Crippen LogP contribution in [0, 0.1) is 6.92 Å². The average molecular weight is 482 g/mol. The molecule has 2 aromatic rings. The lowest BCUT2D eigenvalue weighted by Crippen LogP contribution is -2.44. The first-order valence-corrected chi connectivity index (χ1v) is 12.2. The molecule has 1 spiro atoms. The fourth-order valence-corrected chi connectivity index (χ4v) is 4.58. The maximum atomic E-state index is 11.7. The third-order valence-electron chi connectivity index (χ3n) is 6.11. The molecule has 180 valence electrons. The number of hydrogen-bond acceptors (Lipinski definition) is 6. The number of fused-ring (bicyclic) bond motifs is 1. The first-order chi connectivity index (χ1) is 16.5. The van der Waals surface area contributed by atoms with E-state index in [4.69, 9.17) is 26.4 Å². The molecule has 0 unspecified atom stereocenters. The maximum Gasteiger partial charge on any atom is 0.344 e. The van der Waals surface area contributed by atoms with Crippen LogP contribution in [0.3, 0.4) is 0 Å². The summed E-state index contributed by atoms with van der Waals surface area (Å²) in [7, 11) is 0. The van der Waals surface area contributed by atoms with Crippen molar-refractivity contribution in [3.63, 3.8) is 0 Å². The number of benzene rings is 2. The number of rotatable bonds is 6. The Morgan fingerprint density at radius 1 is 1.15 bits per heavy atom. The van der Waals surface area contributed by atoms with E-state index in [2.05, 4.69) is 15.8 Å². The van der Waals surface area contributed by atoms with Gasteiger partial charge in [-0.2, -0.15) is 5.10 Å². The third-order valence-corrected chi connectivity index (χ3v) is 6.30. The van der Waals surface area contributed by atoms with Gasteiger partial charge in [0.05, 0.1) is 12.3 Å². The largest absolute Gasteiger partial charge is 0.486 e. The van der Waals surface area contributed by atoms with Crippen LogP contribution in [0.1, 0.15) is 56.6 Å². The van der Waals surface area contributed by atoms with Crippen LogP contribution in [0.4, 0.5) is 5.69 Å². The number of carbonyl (C=O) groups excluding carboxylic acids is 1. The summed E-state index contributed by atoms with van der Waals surface area (Å²) in [5, 5.41) is 8.27. The summed E-state index contributed by atoms with van der Waals surface area (Å²) in [6, 6.07) is 13.6. The van der Waals surface area contributed by atoms with E-state index in [0.29, 0.717) is 23.9 Å². The molecule has 0 bridgehead atoms. The molecule has 1 fully saturated rings. The van der Waals surface area contributed by atoms with Gasteiger partial charge >= 0.3 is 5.97 Å². The predicted molar refractivity (Wildman–Crippen MR) is 137 cm³/mol. The summed E-state index contributed by atoms with van der Waals surface area (Å²) in [6.07, 6.45) is 6.20. The van der Waals surface area contributed by atoms with Crippen molar-refractivity contribution >= 4 is 34.7 Å². The Bertz CT molecular complexity index is 1060. The smallest absolute Gasteiger partial charge is 0.344 e. The second-order valence-corrected chi connectivity index (χ2v) is 9.17. The highest BCUT2D eigenvalue weighted by atomic mass is 32.1. The molecule has 0 saturated heterocycles. The number of hydrogen-bond donors (Lipinski definition) is 2. The molecule has 1 aliphatic carbocycles. The Labute approximate surface area is 205 Å². The Morgan fingerprint density at radius 2 is 1.91 bits per heavy atom. The van der Waals surface area contributed by atoms with Gasteiger partial charge in [0.1, 0.15) is 17.1 Å². The van der Waals surface area contributed by atoms with Gasteiger partial charge in [0.2, 0.25) is 0 Å². The molecule has 34 heavy (non-hydrogen) atoms. The third kappa shape index (κ3) is 6.05. The Balaban J connectivity index is 1.53. The zero-order chi connectivity index (χ0) is 24.0. The lowest BCUT2D eigenvalue weighted by molar-refractivity contribution is -0.145. The van der Waals surface area contributed by atoms with E-state index in [0.717, 1.165) is 48.4 Å². The van der Waals surface area contributed by atoms with Crippen molar-refractivity contribution < 1.29 is 19.0 Å². The van der Waals surface area contributed by atoms with Crippen molar-refractivity contribution in [1.29, 1.82) is 0 Å². The molecule has 1 aliphatic heterocycles. The Hall–Kier alpha value is -3.13. The molecule has 8 heteroatoms. The monoisotopic (exact) mass is 481 g/mol. The Kier molecular flexibility index (Phi) is 7.67. The molecule has 1 saturated carbocycles. The van der Waals surface area contributed by atoms with Crippen LogP contribution < -0.4 is 20.2 Å². The zero-order valence-electron chi connectivity index (χ0n) is 19.7. The molecule has 0 aromatic heterocycles. The van der Waals surface area contributed by atoms with E-state index >= 15 is 0 Å². The SMILES string of the molecule is CCOC(=O)COc1ccc2c(c1)C(=NNC(=S)Nc1ccc(C)cc1)CC1(CCCCC1)O2. The molecule has 2 aromatic carbocycles. The van der Waals surface area contributed by atoms with Crippen LogP contribution >= 0.6 is 12.2 Å². The van der Waals surface area contributed by atoms with Crippen molar-refractivity contribution in [3.05, 3.63) is 53.6 Å². The van der Waals surface area contributed by atoms with Gasteiger partial charge in [0, 0.05) is 17.7 Å². The number of esters is 1. The number of nitrogens with zero attached hydrogens (tertiary/aromatic N) is 1. The van der Waals surface area contributed by atoms with E-state index in [1.807, 2.05) is 49.4 Å². The van der Waals surface area contributed by atoms with Gasteiger partial charge in [0.15, 0.2) is 11.7 Å². The lowest BCUT2D eigenvalue weighted by Gasteiger charge is -2.41. The first-order valence-electron chi connectivity index (χ1n) is 11.8. The number of hydrazone groups is 1. The second-order valence-electron chi connectivity index (χ2n) is 8.76. The quantitative estimate of drug-likeness (QED) is 0.337. The number of carbonyl (C=O) groups is 1. The molecular weight excluding hydrogens is 450 g/mol. The number of thiocarbonyl (C=S) groups is 1. The second kappa shape index (κ2) is 10.9. The standard InChI is InChI=1S/C26H31N3O4S/c1-3-31-24(30)17-32-20-11-12-23-21(15-20)22(16-26(33-23)13-5-4-6-14-26)28-29-25(34)27-19-9-7-18(2)8-10-19/h7-12,15H,3-6,13-14,16-17H2,1-2H3,(H2,27,29,34). The van der Waals surface area contributed by atoms with Crippen molar-refractivity contribution in [2.45, 2.75) is 58.0 Å². The van der Waals surface area contributed by atoms with Crippen LogP contribution in [0.5, 0.6) is 11.5 Å². The summed E-state index contributed by atoms with van der Waals surface area (Å²) in [5.41, 5.74) is 6.53. The van der Waals surface area contributed by atoms with Crippen molar-refractivity contribution in [3.8, 4) is 11.5 Å². The highest BCUT2D eigenvalue weighted by Crippen LogP contribution is 2.43. The predicted octanol–water partition coefficient (Wildman–Crippen LogP) is 5.11. The van der Waals surface area contributed by atoms with Crippen LogP contribution in [0.15, 0.2) is 47.6 Å². The molecule has 7 nitrogen and oxygen atoms in total. The van der Waals surface area contributed by atoms with Gasteiger partial charge in [0.25, 0.3) is 0 Å². The fraction of sp³-hybridized carbons (Fsp3) is 0.423. The van der Waals surface area contributed by atoms with Crippen LogP contribution in [0.2, 0.25) is 0 Å². The number of anilines is 1. The maximum absolute atomic E-state index is 11.7. The van der Waals surface area contributed by atoms with Crippen molar-refractivity contribution in [2.24, 2.45) is 5.10 Å². The summed E-state index contributed by atoms with van der Waals surface area (Å²) >= 11 is 5.47. The summed E-state index contributed by atoms with van der Waals surface area (Å²) in [4.78, 5) is 11.7. The van der Waals surface area contributed by atoms with E-state index in [9.17, 15) is 4.79 Å². The first kappa shape index (κ1) is 24.0. The zero-order valence-corrected chi connectivity index (χ0v) is 20.5. The normalized spacial score (nSPS) is 17.4. The van der Waals surface area contributed by atoms with Gasteiger partial charge in [-0.3, -0.25) is 5.43 Å².